The Kier molecular flexibility index (Phi) is 8.00. The molecule has 6 nitrogen and oxygen atoms in total. The minimum absolute atomic E-state index is 0.178. The summed E-state index contributed by atoms with van der Waals surface area (Å²) in [5.41, 5.74) is 2.27. The summed E-state index contributed by atoms with van der Waals surface area (Å²) in [6.07, 6.45) is 2.88. The molecular weight excluding hydrogens is 397 g/mol. The number of anilines is 2. The molecular formula is C24H30FN3O3. The molecule has 1 aliphatic heterocycles. The molecule has 0 saturated carbocycles. The summed E-state index contributed by atoms with van der Waals surface area (Å²) in [5.74, 6) is -0.255. The fourth-order valence-corrected chi connectivity index (χ4v) is 3.64. The lowest BCUT2D eigenvalue weighted by Gasteiger charge is -2.33. The van der Waals surface area contributed by atoms with Gasteiger partial charge in [0.15, 0.2) is 0 Å². The topological polar surface area (TPSA) is 70.7 Å². The van der Waals surface area contributed by atoms with Crippen LogP contribution < -0.4 is 15.5 Å². The van der Waals surface area contributed by atoms with Crippen LogP contribution in [0.1, 0.15) is 46.9 Å². The van der Waals surface area contributed by atoms with E-state index < -0.39 is 5.82 Å². The number of ether oxygens (including phenoxy) is 1. The smallest absolute Gasteiger partial charge is 0.255 e. The van der Waals surface area contributed by atoms with Gasteiger partial charge in [0.1, 0.15) is 5.82 Å². The molecule has 1 heterocycles. The van der Waals surface area contributed by atoms with Gasteiger partial charge >= 0.3 is 0 Å². The first kappa shape index (κ1) is 22.7. The van der Waals surface area contributed by atoms with E-state index in [0.29, 0.717) is 35.9 Å². The van der Waals surface area contributed by atoms with Crippen molar-refractivity contribution in [3.8, 4) is 0 Å². The third-order valence-electron chi connectivity index (χ3n) is 5.54. The lowest BCUT2D eigenvalue weighted by atomic mass is 9.97. The second-order valence-corrected chi connectivity index (χ2v) is 7.96. The number of halogens is 1. The van der Waals surface area contributed by atoms with E-state index >= 15 is 0 Å². The summed E-state index contributed by atoms with van der Waals surface area (Å²) in [6, 6.07) is 10.7. The highest BCUT2D eigenvalue weighted by atomic mass is 19.1. The normalized spacial score (nSPS) is 14.4. The lowest BCUT2D eigenvalue weighted by molar-refractivity contribution is 0.0947. The van der Waals surface area contributed by atoms with Gasteiger partial charge in [-0.1, -0.05) is 6.92 Å². The molecule has 31 heavy (non-hydrogen) atoms. The number of nitrogens with zero attached hydrogens (tertiary/aromatic N) is 1. The molecule has 1 saturated heterocycles. The van der Waals surface area contributed by atoms with E-state index in [4.69, 9.17) is 4.74 Å². The number of benzene rings is 2. The number of carbonyl (C=O) groups excluding carboxylic acids is 2. The molecule has 1 aliphatic rings. The van der Waals surface area contributed by atoms with Crippen molar-refractivity contribution in [1.82, 2.24) is 5.32 Å². The van der Waals surface area contributed by atoms with E-state index in [0.717, 1.165) is 38.0 Å². The average molecular weight is 428 g/mol. The summed E-state index contributed by atoms with van der Waals surface area (Å²) >= 11 is 0. The first-order chi connectivity index (χ1) is 15.0. The molecule has 166 valence electrons. The Bertz CT molecular complexity index is 893. The molecule has 2 N–H and O–H groups in total. The number of nitrogens with one attached hydrogen (secondary N) is 2. The maximum absolute atomic E-state index is 13.1. The van der Waals surface area contributed by atoms with Crippen molar-refractivity contribution in [1.29, 1.82) is 0 Å². The number of methoxy groups -OCH3 is 1. The molecule has 0 unspecified atom stereocenters. The molecule has 0 bridgehead atoms. The van der Waals surface area contributed by atoms with Gasteiger partial charge in [0.2, 0.25) is 0 Å². The molecule has 0 atom stereocenters. The predicted octanol–water partition coefficient (Wildman–Crippen LogP) is 4.08. The van der Waals surface area contributed by atoms with Gasteiger partial charge < -0.3 is 20.3 Å². The fourth-order valence-electron chi connectivity index (χ4n) is 3.64. The highest BCUT2D eigenvalue weighted by Crippen LogP contribution is 2.29. The molecule has 7 heteroatoms. The monoisotopic (exact) mass is 427 g/mol. The van der Waals surface area contributed by atoms with Gasteiger partial charge in [0.25, 0.3) is 11.8 Å². The Morgan fingerprint density at radius 3 is 2.48 bits per heavy atom. The van der Waals surface area contributed by atoms with E-state index in [1.54, 1.807) is 19.2 Å². The van der Waals surface area contributed by atoms with Crippen LogP contribution in [0, 0.1) is 11.7 Å². The SMILES string of the molecule is COCCCNC(=O)c1cc(NC(=O)c2ccc(F)cc2)ccc1N1CCC(C)CC1. The van der Waals surface area contributed by atoms with E-state index in [9.17, 15) is 14.0 Å². The molecule has 0 aliphatic carbocycles. The molecule has 3 rings (SSSR count). The predicted molar refractivity (Wildman–Crippen MR) is 120 cm³/mol. The summed E-state index contributed by atoms with van der Waals surface area (Å²) in [7, 11) is 1.63. The minimum atomic E-state index is -0.399. The molecule has 2 aromatic carbocycles. The van der Waals surface area contributed by atoms with Crippen molar-refractivity contribution in [2.45, 2.75) is 26.2 Å². The second kappa shape index (κ2) is 10.9. The summed E-state index contributed by atoms with van der Waals surface area (Å²) in [4.78, 5) is 27.7. The number of hydrogen-bond donors (Lipinski definition) is 2. The number of piperidine rings is 1. The van der Waals surface area contributed by atoms with Gasteiger partial charge in [0.05, 0.1) is 5.56 Å². The van der Waals surface area contributed by atoms with Gasteiger partial charge in [-0.2, -0.15) is 0 Å². The van der Waals surface area contributed by atoms with Crippen LogP contribution in [0.2, 0.25) is 0 Å². The molecule has 2 amide bonds. The highest BCUT2D eigenvalue weighted by Gasteiger charge is 2.22. The molecule has 0 spiro atoms. The van der Waals surface area contributed by atoms with Crippen LogP contribution in [0.4, 0.5) is 15.8 Å². The van der Waals surface area contributed by atoms with Crippen molar-refractivity contribution in [3.05, 3.63) is 59.4 Å². The third-order valence-corrected chi connectivity index (χ3v) is 5.54. The van der Waals surface area contributed by atoms with Crippen LogP contribution in [-0.2, 0) is 4.74 Å². The van der Waals surface area contributed by atoms with Crippen molar-refractivity contribution in [2.75, 3.05) is 43.6 Å². The molecule has 2 aromatic rings. The maximum Gasteiger partial charge on any atom is 0.255 e. The Hall–Kier alpha value is -2.93. The summed E-state index contributed by atoms with van der Waals surface area (Å²) < 4.78 is 18.2. The summed E-state index contributed by atoms with van der Waals surface area (Å²) in [5, 5.41) is 5.75. The van der Waals surface area contributed by atoms with E-state index in [2.05, 4.69) is 22.5 Å². The van der Waals surface area contributed by atoms with Crippen LogP contribution in [0.15, 0.2) is 42.5 Å². The number of carbonyl (C=O) groups is 2. The van der Waals surface area contributed by atoms with E-state index in [-0.39, 0.29) is 11.8 Å². The maximum atomic E-state index is 13.1. The Morgan fingerprint density at radius 2 is 1.81 bits per heavy atom. The van der Waals surface area contributed by atoms with Crippen LogP contribution >= 0.6 is 0 Å². The van der Waals surface area contributed by atoms with Gasteiger partial charge in [0, 0.05) is 50.3 Å². The quantitative estimate of drug-likeness (QED) is 0.623. The summed E-state index contributed by atoms with van der Waals surface area (Å²) in [6.45, 7) is 5.12. The van der Waals surface area contributed by atoms with Crippen LogP contribution in [-0.4, -0.2) is 45.2 Å². The Labute approximate surface area is 182 Å². The standard InChI is InChI=1S/C24H30FN3O3/c1-17-10-13-28(14-11-17)22-9-8-20(16-21(22)24(30)26-12-3-15-31-2)27-23(29)18-4-6-19(25)7-5-18/h4-9,16-17H,3,10-15H2,1-2H3,(H,26,30)(H,27,29). The number of hydrogen-bond acceptors (Lipinski definition) is 4. The van der Waals surface area contributed by atoms with Crippen molar-refractivity contribution in [3.63, 3.8) is 0 Å². The van der Waals surface area contributed by atoms with Crippen LogP contribution in [0.5, 0.6) is 0 Å². The van der Waals surface area contributed by atoms with Gasteiger partial charge in [-0.15, -0.1) is 0 Å². The molecule has 0 radical (unpaired) electrons. The Balaban J connectivity index is 1.80. The van der Waals surface area contributed by atoms with E-state index in [1.807, 2.05) is 6.07 Å². The largest absolute Gasteiger partial charge is 0.385 e. The first-order valence-corrected chi connectivity index (χ1v) is 10.7. The van der Waals surface area contributed by atoms with E-state index in [1.165, 1.54) is 24.3 Å². The highest BCUT2D eigenvalue weighted by molar-refractivity contribution is 6.06. The average Bonchev–Trinajstić information content (AvgIpc) is 2.77. The third kappa shape index (κ3) is 6.28. The fraction of sp³-hybridized carbons (Fsp3) is 0.417. The second-order valence-electron chi connectivity index (χ2n) is 7.96. The first-order valence-electron chi connectivity index (χ1n) is 10.7. The van der Waals surface area contributed by atoms with Crippen molar-refractivity contribution in [2.24, 2.45) is 5.92 Å². The lowest BCUT2D eigenvalue weighted by Crippen LogP contribution is -2.35. The minimum Gasteiger partial charge on any atom is -0.385 e. The molecule has 0 aromatic heterocycles. The zero-order valence-corrected chi connectivity index (χ0v) is 18.1. The van der Waals surface area contributed by atoms with Gasteiger partial charge in [-0.25, -0.2) is 4.39 Å². The molecule has 1 fully saturated rings. The van der Waals surface area contributed by atoms with Gasteiger partial charge in [-0.05, 0) is 67.6 Å². The number of rotatable bonds is 8. The van der Waals surface area contributed by atoms with Crippen molar-refractivity contribution < 1.29 is 18.7 Å². The number of amides is 2. The van der Waals surface area contributed by atoms with Crippen molar-refractivity contribution >= 4 is 23.2 Å². The zero-order chi connectivity index (χ0) is 22.2. The van der Waals surface area contributed by atoms with Gasteiger partial charge in [-0.3, -0.25) is 9.59 Å². The van der Waals surface area contributed by atoms with Crippen LogP contribution in [0.25, 0.3) is 0 Å². The zero-order valence-electron chi connectivity index (χ0n) is 18.1. The Morgan fingerprint density at radius 1 is 1.10 bits per heavy atom. The van der Waals surface area contributed by atoms with Crippen LogP contribution in [0.3, 0.4) is 0 Å².